The lowest BCUT2D eigenvalue weighted by Gasteiger charge is -2.23. The SMILES string of the molecule is CCC1=NOC(Cc2ccccc2)(C(=O)OC)C1. The van der Waals surface area contributed by atoms with Crippen molar-refractivity contribution in [3.63, 3.8) is 0 Å². The molecule has 2 rings (SSSR count). The van der Waals surface area contributed by atoms with E-state index in [0.717, 1.165) is 17.7 Å². The van der Waals surface area contributed by atoms with Crippen molar-refractivity contribution >= 4 is 11.7 Å². The Morgan fingerprint density at radius 3 is 2.72 bits per heavy atom. The molecule has 1 atom stereocenters. The Morgan fingerprint density at radius 1 is 1.44 bits per heavy atom. The third-order valence-electron chi connectivity index (χ3n) is 3.14. The van der Waals surface area contributed by atoms with Crippen LogP contribution in [0.2, 0.25) is 0 Å². The van der Waals surface area contributed by atoms with E-state index in [1.165, 1.54) is 7.11 Å². The van der Waals surface area contributed by atoms with Crippen LogP contribution < -0.4 is 0 Å². The number of hydrogen-bond donors (Lipinski definition) is 0. The van der Waals surface area contributed by atoms with Gasteiger partial charge in [-0.05, 0) is 12.0 Å². The van der Waals surface area contributed by atoms with E-state index in [0.29, 0.717) is 12.8 Å². The highest BCUT2D eigenvalue weighted by Crippen LogP contribution is 2.30. The number of ether oxygens (including phenoxy) is 1. The lowest BCUT2D eigenvalue weighted by molar-refractivity contribution is -0.166. The van der Waals surface area contributed by atoms with Crippen molar-refractivity contribution in [2.75, 3.05) is 7.11 Å². The van der Waals surface area contributed by atoms with Gasteiger partial charge >= 0.3 is 5.97 Å². The highest BCUT2D eigenvalue weighted by atomic mass is 16.7. The number of esters is 1. The van der Waals surface area contributed by atoms with Gasteiger partial charge in [0.15, 0.2) is 0 Å². The molecule has 1 heterocycles. The van der Waals surface area contributed by atoms with Crippen LogP contribution in [0.5, 0.6) is 0 Å². The zero-order chi connectivity index (χ0) is 13.0. The molecule has 0 saturated heterocycles. The summed E-state index contributed by atoms with van der Waals surface area (Å²) in [6.45, 7) is 2.00. The minimum atomic E-state index is -0.985. The van der Waals surface area contributed by atoms with E-state index in [-0.39, 0.29) is 5.97 Å². The molecule has 0 spiro atoms. The van der Waals surface area contributed by atoms with Crippen molar-refractivity contribution in [1.29, 1.82) is 0 Å². The Hall–Kier alpha value is -1.84. The number of methoxy groups -OCH3 is 1. The molecule has 0 radical (unpaired) electrons. The number of carbonyl (C=O) groups excluding carboxylic acids is 1. The fourth-order valence-electron chi connectivity index (χ4n) is 2.12. The molecule has 0 amide bonds. The van der Waals surface area contributed by atoms with Crippen LogP contribution in [0.15, 0.2) is 35.5 Å². The molecule has 1 aromatic rings. The molecular weight excluding hydrogens is 230 g/mol. The van der Waals surface area contributed by atoms with Gasteiger partial charge in [-0.2, -0.15) is 0 Å². The quantitative estimate of drug-likeness (QED) is 0.767. The highest BCUT2D eigenvalue weighted by molar-refractivity contribution is 5.93. The molecule has 0 fully saturated rings. The van der Waals surface area contributed by atoms with Gasteiger partial charge in [-0.25, -0.2) is 4.79 Å². The fraction of sp³-hybridized carbons (Fsp3) is 0.429. The van der Waals surface area contributed by atoms with Crippen LogP contribution in [0, 0.1) is 0 Å². The van der Waals surface area contributed by atoms with Gasteiger partial charge < -0.3 is 9.57 Å². The van der Waals surface area contributed by atoms with Crippen LogP contribution in [0.25, 0.3) is 0 Å². The number of hydrogen-bond acceptors (Lipinski definition) is 4. The molecule has 96 valence electrons. The smallest absolute Gasteiger partial charge is 0.353 e. The minimum absolute atomic E-state index is 0.362. The van der Waals surface area contributed by atoms with Crippen molar-refractivity contribution in [3.05, 3.63) is 35.9 Å². The molecule has 1 aliphatic rings. The van der Waals surface area contributed by atoms with E-state index in [1.807, 2.05) is 37.3 Å². The van der Waals surface area contributed by atoms with Gasteiger partial charge in [-0.3, -0.25) is 0 Å². The lowest BCUT2D eigenvalue weighted by atomic mass is 9.89. The van der Waals surface area contributed by atoms with Gasteiger partial charge in [0.25, 0.3) is 0 Å². The summed E-state index contributed by atoms with van der Waals surface area (Å²) in [6.07, 6.45) is 1.77. The van der Waals surface area contributed by atoms with E-state index in [9.17, 15) is 4.79 Å². The third-order valence-corrected chi connectivity index (χ3v) is 3.14. The number of rotatable bonds is 4. The normalized spacial score (nSPS) is 22.2. The molecular formula is C14H17NO3. The van der Waals surface area contributed by atoms with Crippen molar-refractivity contribution < 1.29 is 14.4 Å². The predicted octanol–water partition coefficient (Wildman–Crippen LogP) is 2.33. The van der Waals surface area contributed by atoms with Crippen LogP contribution in [-0.2, 0) is 20.8 Å². The molecule has 0 N–H and O–H groups in total. The molecule has 1 aromatic carbocycles. The Morgan fingerprint density at radius 2 is 2.17 bits per heavy atom. The second-order valence-corrected chi connectivity index (χ2v) is 4.43. The molecule has 18 heavy (non-hydrogen) atoms. The first kappa shape index (κ1) is 12.6. The summed E-state index contributed by atoms with van der Waals surface area (Å²) >= 11 is 0. The number of benzene rings is 1. The summed E-state index contributed by atoms with van der Waals surface area (Å²) < 4.78 is 4.87. The lowest BCUT2D eigenvalue weighted by Crippen LogP contribution is -2.42. The van der Waals surface area contributed by atoms with Crippen LogP contribution in [-0.4, -0.2) is 24.4 Å². The van der Waals surface area contributed by atoms with Crippen LogP contribution >= 0.6 is 0 Å². The predicted molar refractivity (Wildman–Crippen MR) is 68.3 cm³/mol. The van der Waals surface area contributed by atoms with Gasteiger partial charge in [0.2, 0.25) is 5.60 Å². The van der Waals surface area contributed by atoms with Crippen LogP contribution in [0.1, 0.15) is 25.3 Å². The second-order valence-electron chi connectivity index (χ2n) is 4.43. The maximum atomic E-state index is 12.0. The molecule has 1 unspecified atom stereocenters. The molecule has 0 aromatic heterocycles. The fourth-order valence-corrected chi connectivity index (χ4v) is 2.12. The van der Waals surface area contributed by atoms with E-state index < -0.39 is 5.60 Å². The van der Waals surface area contributed by atoms with E-state index in [1.54, 1.807) is 0 Å². The van der Waals surface area contributed by atoms with E-state index >= 15 is 0 Å². The highest BCUT2D eigenvalue weighted by Gasteiger charge is 2.47. The Bertz CT molecular complexity index is 455. The number of carbonyl (C=O) groups is 1. The van der Waals surface area contributed by atoms with Gasteiger partial charge in [0.1, 0.15) is 0 Å². The Labute approximate surface area is 107 Å². The van der Waals surface area contributed by atoms with Gasteiger partial charge in [-0.1, -0.05) is 42.4 Å². The average Bonchev–Trinajstić information content (AvgIpc) is 2.83. The third kappa shape index (κ3) is 2.37. The molecule has 1 aliphatic heterocycles. The van der Waals surface area contributed by atoms with Gasteiger partial charge in [-0.15, -0.1) is 0 Å². The zero-order valence-electron chi connectivity index (χ0n) is 10.7. The van der Waals surface area contributed by atoms with Gasteiger partial charge in [0, 0.05) is 12.8 Å². The monoisotopic (exact) mass is 247 g/mol. The first-order valence-corrected chi connectivity index (χ1v) is 6.06. The van der Waals surface area contributed by atoms with Crippen molar-refractivity contribution in [2.45, 2.75) is 31.8 Å². The summed E-state index contributed by atoms with van der Waals surface area (Å²) in [5, 5.41) is 3.99. The summed E-state index contributed by atoms with van der Waals surface area (Å²) in [5.74, 6) is -0.362. The zero-order valence-corrected chi connectivity index (χ0v) is 10.7. The van der Waals surface area contributed by atoms with Crippen LogP contribution in [0.3, 0.4) is 0 Å². The topological polar surface area (TPSA) is 47.9 Å². The molecule has 0 saturated carbocycles. The first-order chi connectivity index (χ1) is 8.70. The average molecular weight is 247 g/mol. The number of nitrogens with zero attached hydrogens (tertiary/aromatic N) is 1. The minimum Gasteiger partial charge on any atom is -0.466 e. The van der Waals surface area contributed by atoms with E-state index in [2.05, 4.69) is 5.16 Å². The number of oxime groups is 1. The Balaban J connectivity index is 2.20. The van der Waals surface area contributed by atoms with Crippen LogP contribution in [0.4, 0.5) is 0 Å². The second kappa shape index (κ2) is 5.21. The maximum absolute atomic E-state index is 12.0. The molecule has 0 bridgehead atoms. The van der Waals surface area contributed by atoms with Crippen molar-refractivity contribution in [2.24, 2.45) is 5.16 Å². The van der Waals surface area contributed by atoms with Crippen molar-refractivity contribution in [1.82, 2.24) is 0 Å². The maximum Gasteiger partial charge on any atom is 0.353 e. The van der Waals surface area contributed by atoms with E-state index in [4.69, 9.17) is 9.57 Å². The summed E-state index contributed by atoms with van der Waals surface area (Å²) in [7, 11) is 1.38. The largest absolute Gasteiger partial charge is 0.466 e. The van der Waals surface area contributed by atoms with Crippen molar-refractivity contribution in [3.8, 4) is 0 Å². The standard InChI is InChI=1S/C14H17NO3/c1-3-12-10-14(18-15-12,13(16)17-2)9-11-7-5-4-6-8-11/h4-8H,3,9-10H2,1-2H3. The summed E-state index contributed by atoms with van der Waals surface area (Å²) in [4.78, 5) is 17.4. The molecule has 0 aliphatic carbocycles. The molecule has 4 heteroatoms. The van der Waals surface area contributed by atoms with Gasteiger partial charge in [0.05, 0.1) is 12.8 Å². The Kier molecular flexibility index (Phi) is 3.65. The summed E-state index contributed by atoms with van der Waals surface area (Å²) in [5.41, 5.74) is 0.952. The summed E-state index contributed by atoms with van der Waals surface area (Å²) in [6, 6.07) is 9.77. The molecule has 4 nitrogen and oxygen atoms in total. The first-order valence-electron chi connectivity index (χ1n) is 6.06.